The number of rotatable bonds is 7. The van der Waals surface area contributed by atoms with Gasteiger partial charge in [-0.2, -0.15) is 5.10 Å². The topological polar surface area (TPSA) is 116 Å². The highest BCUT2D eigenvalue weighted by molar-refractivity contribution is 14.1. The SMILES string of the molecule is Cc1nn(CCC(=O)Nc2sc(C(N)=O)c(C)c2C(=O)OC(C)C)cc1I. The number of ether oxygens (including phenoxy) is 1. The van der Waals surface area contributed by atoms with Crippen molar-refractivity contribution in [1.29, 1.82) is 0 Å². The number of aromatic nitrogens is 2. The molecule has 0 radical (unpaired) electrons. The summed E-state index contributed by atoms with van der Waals surface area (Å²) in [6, 6.07) is 0. The monoisotopic (exact) mass is 504 g/mol. The van der Waals surface area contributed by atoms with Crippen LogP contribution >= 0.6 is 33.9 Å². The molecule has 10 heteroatoms. The van der Waals surface area contributed by atoms with Crippen LogP contribution in [0.25, 0.3) is 0 Å². The van der Waals surface area contributed by atoms with E-state index >= 15 is 0 Å². The quantitative estimate of drug-likeness (QED) is 0.445. The number of hydrogen-bond acceptors (Lipinski definition) is 6. The fraction of sp³-hybridized carbons (Fsp3) is 0.412. The summed E-state index contributed by atoms with van der Waals surface area (Å²) >= 11 is 3.15. The van der Waals surface area contributed by atoms with Gasteiger partial charge in [0.25, 0.3) is 5.91 Å². The highest BCUT2D eigenvalue weighted by Gasteiger charge is 2.26. The molecule has 0 aliphatic rings. The van der Waals surface area contributed by atoms with E-state index in [1.807, 2.05) is 13.1 Å². The first kappa shape index (κ1) is 21.4. The first-order chi connectivity index (χ1) is 12.6. The second-order valence-corrected chi connectivity index (χ2v) is 8.39. The van der Waals surface area contributed by atoms with E-state index in [2.05, 4.69) is 33.0 Å². The maximum atomic E-state index is 12.4. The molecule has 0 fully saturated rings. The van der Waals surface area contributed by atoms with Gasteiger partial charge in [0.1, 0.15) is 5.00 Å². The molecule has 2 aromatic heterocycles. The summed E-state index contributed by atoms with van der Waals surface area (Å²) in [6.07, 6.45) is 1.69. The van der Waals surface area contributed by atoms with E-state index in [9.17, 15) is 14.4 Å². The summed E-state index contributed by atoms with van der Waals surface area (Å²) < 4.78 is 7.94. The van der Waals surface area contributed by atoms with E-state index in [0.29, 0.717) is 12.1 Å². The number of nitrogens with zero attached hydrogens (tertiary/aromatic N) is 2. The van der Waals surface area contributed by atoms with Crippen LogP contribution in [-0.4, -0.2) is 33.7 Å². The van der Waals surface area contributed by atoms with Gasteiger partial charge in [0.2, 0.25) is 5.91 Å². The number of primary amides is 1. The third-order valence-corrected chi connectivity index (χ3v) is 5.91. The van der Waals surface area contributed by atoms with E-state index in [-0.39, 0.29) is 33.9 Å². The predicted molar refractivity (Wildman–Crippen MR) is 111 cm³/mol. The Hall–Kier alpha value is -1.95. The first-order valence-corrected chi connectivity index (χ1v) is 10.1. The highest BCUT2D eigenvalue weighted by Crippen LogP contribution is 2.33. The van der Waals surface area contributed by atoms with E-state index in [1.165, 1.54) is 0 Å². The van der Waals surface area contributed by atoms with Crippen LogP contribution < -0.4 is 11.1 Å². The number of amides is 2. The van der Waals surface area contributed by atoms with E-state index in [1.54, 1.807) is 25.5 Å². The Bertz CT molecular complexity index is 868. The Morgan fingerprint density at radius 1 is 1.37 bits per heavy atom. The lowest BCUT2D eigenvalue weighted by Crippen LogP contribution is -2.18. The lowest BCUT2D eigenvalue weighted by atomic mass is 10.1. The minimum atomic E-state index is -0.654. The van der Waals surface area contributed by atoms with Crippen LogP contribution in [0.5, 0.6) is 0 Å². The minimum Gasteiger partial charge on any atom is -0.459 e. The van der Waals surface area contributed by atoms with Crippen LogP contribution in [0.4, 0.5) is 5.00 Å². The molecule has 0 saturated carbocycles. The van der Waals surface area contributed by atoms with Crippen LogP contribution in [0.1, 0.15) is 51.6 Å². The van der Waals surface area contributed by atoms with Gasteiger partial charge in [0, 0.05) is 19.2 Å². The molecule has 0 aliphatic heterocycles. The van der Waals surface area contributed by atoms with Crippen LogP contribution in [0.2, 0.25) is 0 Å². The van der Waals surface area contributed by atoms with Crippen LogP contribution in [0.3, 0.4) is 0 Å². The lowest BCUT2D eigenvalue weighted by molar-refractivity contribution is -0.116. The molecular formula is C17H21IN4O4S. The van der Waals surface area contributed by atoms with E-state index < -0.39 is 11.9 Å². The first-order valence-electron chi connectivity index (χ1n) is 8.23. The van der Waals surface area contributed by atoms with Crippen molar-refractivity contribution in [3.05, 3.63) is 31.5 Å². The van der Waals surface area contributed by atoms with Crippen molar-refractivity contribution < 1.29 is 19.1 Å². The van der Waals surface area contributed by atoms with Crippen molar-refractivity contribution in [3.8, 4) is 0 Å². The Balaban J connectivity index is 2.18. The summed E-state index contributed by atoms with van der Waals surface area (Å²) in [4.78, 5) is 36.6. The zero-order valence-electron chi connectivity index (χ0n) is 15.5. The standard InChI is InChI=1S/C17H21IN4O4S/c1-8(2)26-17(25)13-9(3)14(15(19)24)27-16(13)20-12(23)5-6-22-7-11(18)10(4)21-22/h7-8H,5-6H2,1-4H3,(H2,19,24)(H,20,23). The van der Waals surface area contributed by atoms with Gasteiger partial charge >= 0.3 is 5.97 Å². The normalized spacial score (nSPS) is 10.9. The van der Waals surface area contributed by atoms with Gasteiger partial charge in [-0.25, -0.2) is 4.79 Å². The molecular weight excluding hydrogens is 483 g/mol. The fourth-order valence-electron chi connectivity index (χ4n) is 2.37. The van der Waals surface area contributed by atoms with Crippen molar-refractivity contribution >= 4 is 56.7 Å². The van der Waals surface area contributed by atoms with E-state index in [0.717, 1.165) is 20.6 Å². The summed E-state index contributed by atoms with van der Waals surface area (Å²) in [5.41, 5.74) is 6.85. The summed E-state index contributed by atoms with van der Waals surface area (Å²) in [6.45, 7) is 7.34. The number of nitrogens with one attached hydrogen (secondary N) is 1. The lowest BCUT2D eigenvalue weighted by Gasteiger charge is -2.10. The van der Waals surface area contributed by atoms with Gasteiger partial charge in [-0.15, -0.1) is 11.3 Å². The smallest absolute Gasteiger partial charge is 0.341 e. The predicted octanol–water partition coefficient (Wildman–Crippen LogP) is 2.86. The molecule has 2 heterocycles. The zero-order valence-corrected chi connectivity index (χ0v) is 18.4. The summed E-state index contributed by atoms with van der Waals surface area (Å²) in [5.74, 6) is -1.55. The van der Waals surface area contributed by atoms with Gasteiger partial charge in [-0.05, 0) is 55.8 Å². The largest absolute Gasteiger partial charge is 0.459 e. The Morgan fingerprint density at radius 3 is 2.56 bits per heavy atom. The molecule has 0 aliphatic carbocycles. The van der Waals surface area contributed by atoms with Gasteiger partial charge in [-0.3, -0.25) is 14.3 Å². The maximum absolute atomic E-state index is 12.4. The molecule has 0 saturated heterocycles. The minimum absolute atomic E-state index is 0.165. The van der Waals surface area contributed by atoms with Gasteiger partial charge < -0.3 is 15.8 Å². The van der Waals surface area contributed by atoms with Crippen molar-refractivity contribution in [2.75, 3.05) is 5.32 Å². The molecule has 0 atom stereocenters. The number of carbonyl (C=O) groups excluding carboxylic acids is 3. The number of aryl methyl sites for hydroxylation is 2. The molecule has 27 heavy (non-hydrogen) atoms. The molecule has 2 aromatic rings. The number of anilines is 1. The Morgan fingerprint density at radius 2 is 2.04 bits per heavy atom. The third-order valence-electron chi connectivity index (χ3n) is 3.62. The molecule has 0 unspecified atom stereocenters. The second-order valence-electron chi connectivity index (χ2n) is 6.20. The van der Waals surface area contributed by atoms with Crippen molar-refractivity contribution in [2.24, 2.45) is 5.73 Å². The molecule has 0 spiro atoms. The number of esters is 1. The average Bonchev–Trinajstić information content (AvgIpc) is 3.04. The Kier molecular flexibility index (Phi) is 6.98. The average molecular weight is 504 g/mol. The Labute approximate surface area is 174 Å². The number of nitrogens with two attached hydrogens (primary N) is 1. The van der Waals surface area contributed by atoms with Crippen LogP contribution in [-0.2, 0) is 16.1 Å². The summed E-state index contributed by atoms with van der Waals surface area (Å²) in [7, 11) is 0. The molecule has 3 N–H and O–H groups in total. The highest BCUT2D eigenvalue weighted by atomic mass is 127. The molecule has 2 rings (SSSR count). The number of halogens is 1. The van der Waals surface area contributed by atoms with Gasteiger partial charge in [0.15, 0.2) is 0 Å². The summed E-state index contributed by atoms with van der Waals surface area (Å²) in [5, 5.41) is 7.27. The fourth-order valence-corrected chi connectivity index (χ4v) is 3.86. The number of thiophene rings is 1. The van der Waals surface area contributed by atoms with Crippen LogP contribution in [0, 0.1) is 17.4 Å². The molecule has 0 bridgehead atoms. The van der Waals surface area contributed by atoms with Gasteiger partial charge in [0.05, 0.1) is 25.8 Å². The molecule has 146 valence electrons. The third kappa shape index (κ3) is 5.28. The number of carbonyl (C=O) groups is 3. The van der Waals surface area contributed by atoms with Crippen molar-refractivity contribution in [1.82, 2.24) is 9.78 Å². The van der Waals surface area contributed by atoms with Crippen LogP contribution in [0.15, 0.2) is 6.20 Å². The molecule has 2 amide bonds. The number of hydrogen-bond donors (Lipinski definition) is 2. The molecule has 0 aromatic carbocycles. The molecule has 8 nitrogen and oxygen atoms in total. The van der Waals surface area contributed by atoms with Crippen molar-refractivity contribution in [2.45, 2.75) is 46.8 Å². The van der Waals surface area contributed by atoms with Crippen molar-refractivity contribution in [3.63, 3.8) is 0 Å². The van der Waals surface area contributed by atoms with Gasteiger partial charge in [-0.1, -0.05) is 0 Å². The zero-order chi connectivity index (χ0) is 20.3. The second kappa shape index (κ2) is 8.83. The maximum Gasteiger partial charge on any atom is 0.341 e. The van der Waals surface area contributed by atoms with E-state index in [4.69, 9.17) is 10.5 Å².